The first-order chi connectivity index (χ1) is 14.9. The molecule has 0 rings (SSSR count). The van der Waals surface area contributed by atoms with E-state index in [9.17, 15) is 14.4 Å². The van der Waals surface area contributed by atoms with Crippen LogP contribution in [0.5, 0.6) is 0 Å². The average Bonchev–Trinajstić information content (AvgIpc) is 2.68. The fraction of sp³-hybridized carbons (Fsp3) is 0.889. The summed E-state index contributed by atoms with van der Waals surface area (Å²) in [5.41, 5.74) is 0. The van der Waals surface area contributed by atoms with E-state index < -0.39 is 17.0 Å². The third kappa shape index (κ3) is 12.8. The number of carbonyl (C=O) groups excluding carboxylic acids is 3. The predicted octanol–water partition coefficient (Wildman–Crippen LogP) is 7.71. The molecule has 0 aromatic carbocycles. The monoisotopic (exact) mass is 488 g/mol. The molecule has 0 radical (unpaired) electrons. The topological polar surface area (TPSA) is 60.4 Å². The Kier molecular flexibility index (Phi) is 17.0. The molecule has 0 aliphatic heterocycles. The summed E-state index contributed by atoms with van der Waals surface area (Å²) in [6.07, 6.45) is 8.93. The maximum atomic E-state index is 13.5. The molecule has 0 saturated heterocycles. The van der Waals surface area contributed by atoms with E-state index in [0.29, 0.717) is 37.0 Å². The molecular weight excluding hydrogens is 436 g/mol. The Hall–Kier alpha value is -0.316. The minimum atomic E-state index is -4.49. The molecule has 0 aliphatic rings. The summed E-state index contributed by atoms with van der Waals surface area (Å²) < 4.78 is 5.79. The van der Waals surface area contributed by atoms with E-state index in [0.717, 1.165) is 57.8 Å². The van der Waals surface area contributed by atoms with Gasteiger partial charge in [0.2, 0.25) is 0 Å². The molecule has 0 amide bonds. The number of hydrogen-bond donors (Lipinski definition) is 0. The third-order valence-electron chi connectivity index (χ3n) is 5.90. The van der Waals surface area contributed by atoms with Gasteiger partial charge in [-0.2, -0.15) is 0 Å². The molecular formula is C27H52O4Ti. The molecule has 0 N–H and O–H groups in total. The molecule has 32 heavy (non-hydrogen) atoms. The van der Waals surface area contributed by atoms with Gasteiger partial charge in [0.1, 0.15) is 0 Å². The van der Waals surface area contributed by atoms with Crippen LogP contribution in [0.15, 0.2) is 0 Å². The van der Waals surface area contributed by atoms with Crippen LogP contribution in [0.4, 0.5) is 0 Å². The first-order valence-electron chi connectivity index (χ1n) is 13.2. The van der Waals surface area contributed by atoms with Gasteiger partial charge in [-0.3, -0.25) is 0 Å². The van der Waals surface area contributed by atoms with Crippen LogP contribution in [0.25, 0.3) is 0 Å². The fourth-order valence-electron chi connectivity index (χ4n) is 4.06. The van der Waals surface area contributed by atoms with Gasteiger partial charge in [-0.05, 0) is 0 Å². The summed E-state index contributed by atoms with van der Waals surface area (Å²) in [5.74, 6) is 1.77. The molecule has 0 unspecified atom stereocenters. The van der Waals surface area contributed by atoms with Crippen molar-refractivity contribution < 1.29 is 34.7 Å². The molecule has 0 spiro atoms. The van der Waals surface area contributed by atoms with Crippen molar-refractivity contribution in [3.63, 3.8) is 0 Å². The molecule has 0 saturated carbocycles. The van der Waals surface area contributed by atoms with Crippen LogP contribution < -0.4 is 0 Å². The van der Waals surface area contributed by atoms with E-state index >= 15 is 0 Å². The van der Waals surface area contributed by atoms with Crippen molar-refractivity contribution in [3.05, 3.63) is 0 Å². The molecule has 0 aromatic heterocycles. The van der Waals surface area contributed by atoms with Crippen LogP contribution in [0.3, 0.4) is 0 Å². The van der Waals surface area contributed by atoms with Gasteiger partial charge in [-0.25, -0.2) is 0 Å². The van der Waals surface area contributed by atoms with Crippen LogP contribution in [0, 0.1) is 17.8 Å². The second-order valence-corrected chi connectivity index (χ2v) is 16.1. The van der Waals surface area contributed by atoms with Crippen molar-refractivity contribution in [2.75, 3.05) is 0 Å². The molecule has 5 heteroatoms. The Balaban J connectivity index is 5.52. The summed E-state index contributed by atoms with van der Waals surface area (Å²) in [4.78, 5) is 40.6. The van der Waals surface area contributed by atoms with Gasteiger partial charge in [-0.15, -0.1) is 0 Å². The van der Waals surface area contributed by atoms with Crippen molar-refractivity contribution in [1.82, 2.24) is 0 Å². The number of rotatable bonds is 20. The Bertz CT molecular complexity index is 483. The fourth-order valence-corrected chi connectivity index (χ4v) is 9.71. The van der Waals surface area contributed by atoms with Crippen molar-refractivity contribution in [2.24, 2.45) is 17.8 Å². The van der Waals surface area contributed by atoms with E-state index in [4.69, 9.17) is 3.32 Å². The Morgan fingerprint density at radius 1 is 0.531 bits per heavy atom. The molecule has 0 atom stereocenters. The first-order valence-corrected chi connectivity index (χ1v) is 16.2. The van der Waals surface area contributed by atoms with Crippen molar-refractivity contribution in [2.45, 2.75) is 139 Å². The number of unbranched alkanes of at least 4 members (excludes halogenated alkanes) is 3. The number of carbonyl (C=O) groups is 3. The van der Waals surface area contributed by atoms with Crippen LogP contribution in [-0.2, 0) is 34.7 Å². The van der Waals surface area contributed by atoms with Gasteiger partial charge >= 0.3 is 203 Å². The van der Waals surface area contributed by atoms with Gasteiger partial charge in [0.15, 0.2) is 0 Å². The van der Waals surface area contributed by atoms with Crippen LogP contribution in [0.1, 0.15) is 132 Å². The summed E-state index contributed by atoms with van der Waals surface area (Å²) in [6.45, 7) is 16.7. The standard InChI is InChI=1S/3C8H15O.C3H7O.Ti/c3*1-8(2)6-4-3-5-7-9;1-3(2)4;/h3*8H,3-6H2,1-2H3;3H,1-2H3;/q;;;-1;+1. The molecule has 0 fully saturated rings. The molecule has 4 nitrogen and oxygen atoms in total. The minimum absolute atomic E-state index is 0.134. The van der Waals surface area contributed by atoms with E-state index in [-0.39, 0.29) is 18.4 Å². The normalized spacial score (nSPS) is 12.4. The summed E-state index contributed by atoms with van der Waals surface area (Å²) >= 11 is -4.49. The quantitative estimate of drug-likeness (QED) is 0.130. The Morgan fingerprint density at radius 3 is 1.03 bits per heavy atom. The summed E-state index contributed by atoms with van der Waals surface area (Å²) in [5, 5.41) is 0. The number of hydrogen-bond acceptors (Lipinski definition) is 4. The third-order valence-corrected chi connectivity index (χ3v) is 12.0. The molecule has 188 valence electrons. The molecule has 0 aromatic rings. The Labute approximate surface area is 202 Å². The zero-order chi connectivity index (χ0) is 24.7. The van der Waals surface area contributed by atoms with Gasteiger partial charge in [0, 0.05) is 0 Å². The van der Waals surface area contributed by atoms with Crippen LogP contribution >= 0.6 is 0 Å². The van der Waals surface area contributed by atoms with Gasteiger partial charge in [-0.1, -0.05) is 0 Å². The average molecular weight is 489 g/mol. The van der Waals surface area contributed by atoms with E-state index in [1.54, 1.807) is 0 Å². The van der Waals surface area contributed by atoms with Crippen LogP contribution in [-0.4, -0.2) is 18.4 Å². The summed E-state index contributed by atoms with van der Waals surface area (Å²) in [7, 11) is 0. The second-order valence-electron chi connectivity index (χ2n) is 11.0. The Morgan fingerprint density at radius 2 is 0.812 bits per heavy atom. The van der Waals surface area contributed by atoms with E-state index in [2.05, 4.69) is 41.5 Å². The SMILES string of the molecule is CC(C)CCCC[C](=O)[Ti]([O]C(C)C)([C](=O)CCCCC(C)C)[C](=O)CCCCC(C)C. The maximum absolute atomic E-state index is 13.5. The van der Waals surface area contributed by atoms with Gasteiger partial charge in [0.25, 0.3) is 0 Å². The van der Waals surface area contributed by atoms with Crippen molar-refractivity contribution >= 4 is 12.3 Å². The van der Waals surface area contributed by atoms with Crippen molar-refractivity contribution in [1.29, 1.82) is 0 Å². The molecule has 0 heterocycles. The zero-order valence-corrected chi connectivity index (χ0v) is 24.0. The zero-order valence-electron chi connectivity index (χ0n) is 22.4. The second kappa shape index (κ2) is 17.2. The molecule has 0 aliphatic carbocycles. The van der Waals surface area contributed by atoms with E-state index in [1.165, 1.54) is 0 Å². The van der Waals surface area contributed by atoms with Crippen LogP contribution in [0.2, 0.25) is 0 Å². The van der Waals surface area contributed by atoms with Gasteiger partial charge < -0.3 is 0 Å². The van der Waals surface area contributed by atoms with Gasteiger partial charge in [0.05, 0.1) is 0 Å². The summed E-state index contributed by atoms with van der Waals surface area (Å²) in [6, 6.07) is 0. The van der Waals surface area contributed by atoms with Crippen molar-refractivity contribution in [3.8, 4) is 0 Å². The molecule has 0 bridgehead atoms. The first kappa shape index (κ1) is 31.7. The predicted molar refractivity (Wildman–Crippen MR) is 131 cm³/mol. The van der Waals surface area contributed by atoms with E-state index in [1.807, 2.05) is 13.8 Å².